The third kappa shape index (κ3) is 4.00. The largest absolute Gasteiger partial charge is 0.352 e. The van der Waals surface area contributed by atoms with E-state index >= 15 is 0 Å². The third-order valence-corrected chi connectivity index (χ3v) is 7.77. The van der Waals surface area contributed by atoms with Crippen LogP contribution in [0.1, 0.15) is 12.8 Å². The molecule has 0 bridgehead atoms. The number of aromatic nitrogens is 3. The van der Waals surface area contributed by atoms with Crippen LogP contribution < -0.4 is 9.80 Å². The van der Waals surface area contributed by atoms with E-state index in [9.17, 15) is 18.0 Å². The van der Waals surface area contributed by atoms with Crippen LogP contribution in [-0.2, 0) is 19.6 Å². The van der Waals surface area contributed by atoms with E-state index in [0.29, 0.717) is 43.5 Å². The fraction of sp³-hybridized carbons (Fsp3) is 0.273. The molecule has 0 saturated carbocycles. The number of sulfonamides is 1. The van der Waals surface area contributed by atoms with Crippen molar-refractivity contribution in [3.63, 3.8) is 0 Å². The van der Waals surface area contributed by atoms with E-state index in [1.165, 1.54) is 28.6 Å². The van der Waals surface area contributed by atoms with Crippen LogP contribution in [0.25, 0.3) is 5.82 Å². The van der Waals surface area contributed by atoms with Crippen LogP contribution >= 0.6 is 0 Å². The predicted octanol–water partition coefficient (Wildman–Crippen LogP) is 1.43. The molecule has 2 aromatic heterocycles. The number of anilines is 2. The van der Waals surface area contributed by atoms with Crippen LogP contribution in [0.2, 0.25) is 0 Å². The number of rotatable bonds is 5. The molecule has 1 aromatic carbocycles. The van der Waals surface area contributed by atoms with Crippen molar-refractivity contribution in [2.75, 3.05) is 36.0 Å². The van der Waals surface area contributed by atoms with E-state index < -0.39 is 10.0 Å². The fourth-order valence-electron chi connectivity index (χ4n) is 4.05. The summed E-state index contributed by atoms with van der Waals surface area (Å²) >= 11 is 0. The molecule has 2 amide bonds. The van der Waals surface area contributed by atoms with Gasteiger partial charge < -0.3 is 9.47 Å². The lowest BCUT2D eigenvalue weighted by molar-refractivity contribution is -0.121. The molecule has 0 atom stereocenters. The highest BCUT2D eigenvalue weighted by Crippen LogP contribution is 2.26. The molecule has 2 fully saturated rings. The second-order valence-corrected chi connectivity index (χ2v) is 9.79. The summed E-state index contributed by atoms with van der Waals surface area (Å²) in [5.74, 6) is 0.880. The molecule has 0 unspecified atom stereocenters. The van der Waals surface area contributed by atoms with Crippen molar-refractivity contribution in [1.82, 2.24) is 19.1 Å². The van der Waals surface area contributed by atoms with Crippen molar-refractivity contribution in [3.05, 3.63) is 60.9 Å². The van der Waals surface area contributed by atoms with Crippen molar-refractivity contribution in [1.29, 1.82) is 0 Å². The molecule has 0 radical (unpaired) electrons. The van der Waals surface area contributed by atoms with Crippen molar-refractivity contribution in [2.45, 2.75) is 17.7 Å². The van der Waals surface area contributed by atoms with E-state index in [1.807, 2.05) is 46.1 Å². The van der Waals surface area contributed by atoms with Crippen molar-refractivity contribution < 1.29 is 18.0 Å². The highest BCUT2D eigenvalue weighted by molar-refractivity contribution is 7.89. The number of amides is 2. The van der Waals surface area contributed by atoms with Crippen LogP contribution in [0.4, 0.5) is 11.5 Å². The Morgan fingerprint density at radius 2 is 1.30 bits per heavy atom. The Balaban J connectivity index is 1.24. The van der Waals surface area contributed by atoms with Gasteiger partial charge in [-0.2, -0.15) is 4.31 Å². The summed E-state index contributed by atoms with van der Waals surface area (Å²) in [5.41, 5.74) is 0.396. The lowest BCUT2D eigenvalue weighted by Crippen LogP contribution is -2.49. The summed E-state index contributed by atoms with van der Waals surface area (Å²) in [6, 6.07) is 13.5. The summed E-state index contributed by atoms with van der Waals surface area (Å²) in [6.07, 6.45) is 4.15. The highest BCUT2D eigenvalue weighted by Gasteiger charge is 2.32. The third-order valence-electron chi connectivity index (χ3n) is 5.85. The Labute approximate surface area is 191 Å². The zero-order valence-corrected chi connectivity index (χ0v) is 18.6. The number of imide groups is 1. The van der Waals surface area contributed by atoms with E-state index in [1.54, 1.807) is 0 Å². The van der Waals surface area contributed by atoms with Gasteiger partial charge in [0.1, 0.15) is 0 Å². The van der Waals surface area contributed by atoms with Crippen LogP contribution in [-0.4, -0.2) is 65.5 Å². The average Bonchev–Trinajstić information content (AvgIpc) is 3.49. The first-order valence-corrected chi connectivity index (χ1v) is 12.1. The summed E-state index contributed by atoms with van der Waals surface area (Å²) < 4.78 is 29.5. The van der Waals surface area contributed by atoms with Crippen molar-refractivity contribution in [3.8, 4) is 5.82 Å². The number of benzene rings is 1. The molecule has 0 aliphatic carbocycles. The monoisotopic (exact) mass is 466 g/mol. The minimum Gasteiger partial charge on any atom is -0.352 e. The van der Waals surface area contributed by atoms with E-state index in [2.05, 4.69) is 10.2 Å². The lowest BCUT2D eigenvalue weighted by Gasteiger charge is -2.34. The standard InChI is InChI=1S/C22H22N6O4S/c29-21-9-10-22(30)28(21)17-3-5-18(6-4-17)33(31,32)27-15-13-26(14-16-27)20-8-7-19(23-24-20)25-11-1-2-12-25/h1-8,11-12H,9-10,13-16H2. The van der Waals surface area contributed by atoms with Gasteiger partial charge in [-0.25, -0.2) is 8.42 Å². The fourth-order valence-corrected chi connectivity index (χ4v) is 5.47. The van der Waals surface area contributed by atoms with Crippen LogP contribution in [0.15, 0.2) is 65.8 Å². The molecule has 170 valence electrons. The maximum atomic E-state index is 13.1. The van der Waals surface area contributed by atoms with Gasteiger partial charge in [0.25, 0.3) is 0 Å². The number of hydrogen-bond acceptors (Lipinski definition) is 7. The molecule has 33 heavy (non-hydrogen) atoms. The van der Waals surface area contributed by atoms with Gasteiger partial charge in [0.15, 0.2) is 11.6 Å². The highest BCUT2D eigenvalue weighted by atomic mass is 32.2. The summed E-state index contributed by atoms with van der Waals surface area (Å²) in [5, 5.41) is 8.54. The molecular weight excluding hydrogens is 444 g/mol. The molecule has 4 heterocycles. The predicted molar refractivity (Wildman–Crippen MR) is 120 cm³/mol. The number of piperazine rings is 1. The Morgan fingerprint density at radius 3 is 1.88 bits per heavy atom. The smallest absolute Gasteiger partial charge is 0.243 e. The average molecular weight is 467 g/mol. The Hall–Kier alpha value is -3.57. The SMILES string of the molecule is O=C1CCC(=O)N1c1ccc(S(=O)(=O)N2CCN(c3ccc(-n4cccc4)nn3)CC2)cc1. The van der Waals surface area contributed by atoms with Gasteiger partial charge in [-0.05, 0) is 48.5 Å². The Bertz CT molecular complexity index is 1250. The topological polar surface area (TPSA) is 109 Å². The van der Waals surface area contributed by atoms with Crippen LogP contribution in [0.3, 0.4) is 0 Å². The first kappa shape index (κ1) is 21.3. The summed E-state index contributed by atoms with van der Waals surface area (Å²) in [4.78, 5) is 27.1. The molecule has 5 rings (SSSR count). The summed E-state index contributed by atoms with van der Waals surface area (Å²) in [7, 11) is -3.69. The van der Waals surface area contributed by atoms with Gasteiger partial charge >= 0.3 is 0 Å². The van der Waals surface area contributed by atoms with Gasteiger partial charge in [-0.3, -0.25) is 14.5 Å². The number of carbonyl (C=O) groups excluding carboxylic acids is 2. The van der Waals surface area contributed by atoms with Gasteiger partial charge in [-0.15, -0.1) is 10.2 Å². The first-order valence-electron chi connectivity index (χ1n) is 10.6. The first-order chi connectivity index (χ1) is 15.9. The zero-order chi connectivity index (χ0) is 23.0. The molecule has 11 heteroatoms. The van der Waals surface area contributed by atoms with E-state index in [4.69, 9.17) is 0 Å². The van der Waals surface area contributed by atoms with Gasteiger partial charge in [-0.1, -0.05) is 0 Å². The van der Waals surface area contributed by atoms with Crippen LogP contribution in [0, 0.1) is 0 Å². The zero-order valence-electron chi connectivity index (χ0n) is 17.7. The minimum absolute atomic E-state index is 0.134. The normalized spacial score (nSPS) is 17.7. The molecule has 0 spiro atoms. The molecule has 10 nitrogen and oxygen atoms in total. The molecule has 2 aliphatic heterocycles. The number of carbonyl (C=O) groups is 2. The quantitative estimate of drug-likeness (QED) is 0.524. The van der Waals surface area contributed by atoms with Crippen molar-refractivity contribution >= 4 is 33.3 Å². The maximum Gasteiger partial charge on any atom is 0.243 e. The molecule has 2 saturated heterocycles. The second-order valence-electron chi connectivity index (χ2n) is 7.85. The van der Waals surface area contributed by atoms with Gasteiger partial charge in [0.2, 0.25) is 21.8 Å². The molecule has 3 aromatic rings. The number of hydrogen-bond donors (Lipinski definition) is 0. The molecule has 0 N–H and O–H groups in total. The second kappa shape index (κ2) is 8.41. The molecular formula is C22H22N6O4S. The Kier molecular flexibility index (Phi) is 5.43. The number of nitrogens with zero attached hydrogens (tertiary/aromatic N) is 6. The Morgan fingerprint density at radius 1 is 0.727 bits per heavy atom. The van der Waals surface area contributed by atoms with Crippen molar-refractivity contribution in [2.24, 2.45) is 0 Å². The lowest BCUT2D eigenvalue weighted by atomic mass is 10.3. The van der Waals surface area contributed by atoms with Crippen LogP contribution in [0.5, 0.6) is 0 Å². The summed E-state index contributed by atoms with van der Waals surface area (Å²) in [6.45, 7) is 1.61. The maximum absolute atomic E-state index is 13.1. The van der Waals surface area contributed by atoms with Gasteiger partial charge in [0.05, 0.1) is 10.6 Å². The molecule has 2 aliphatic rings. The van der Waals surface area contributed by atoms with E-state index in [0.717, 1.165) is 4.90 Å². The van der Waals surface area contributed by atoms with E-state index in [-0.39, 0.29) is 29.6 Å². The minimum atomic E-state index is -3.69. The van der Waals surface area contributed by atoms with Gasteiger partial charge in [0, 0.05) is 51.4 Å².